The van der Waals surface area contributed by atoms with Crippen molar-refractivity contribution in [3.63, 3.8) is 0 Å². The van der Waals surface area contributed by atoms with E-state index in [9.17, 15) is 4.79 Å². The van der Waals surface area contributed by atoms with Crippen molar-refractivity contribution in [1.82, 2.24) is 24.9 Å². The average Bonchev–Trinajstić information content (AvgIpc) is 3.43. The molecule has 46 heavy (non-hydrogen) atoms. The van der Waals surface area contributed by atoms with E-state index in [2.05, 4.69) is 44.9 Å². The summed E-state index contributed by atoms with van der Waals surface area (Å²) in [6.07, 6.45) is 1.76. The highest BCUT2D eigenvalue weighted by Gasteiger charge is 2.27. The summed E-state index contributed by atoms with van der Waals surface area (Å²) in [6, 6.07) is 21.5. The predicted octanol–water partition coefficient (Wildman–Crippen LogP) is 6.42. The predicted molar refractivity (Wildman–Crippen MR) is 189 cm³/mol. The average molecular weight is 674 g/mol. The van der Waals surface area contributed by atoms with Crippen molar-refractivity contribution in [3.05, 3.63) is 110 Å². The van der Waals surface area contributed by atoms with E-state index in [-0.39, 0.29) is 0 Å². The number of aromatic nitrogens is 2. The smallest absolute Gasteiger partial charge is 0.315 e. The van der Waals surface area contributed by atoms with Gasteiger partial charge < -0.3 is 20.9 Å². The van der Waals surface area contributed by atoms with Gasteiger partial charge in [-0.05, 0) is 60.5 Å². The highest BCUT2D eigenvalue weighted by molar-refractivity contribution is 7.99. The fourth-order valence-corrected chi connectivity index (χ4v) is 7.39. The van der Waals surface area contributed by atoms with E-state index in [1.54, 1.807) is 4.90 Å². The van der Waals surface area contributed by atoms with Crippen molar-refractivity contribution in [2.45, 2.75) is 39.0 Å². The third-order valence-corrected chi connectivity index (χ3v) is 9.96. The van der Waals surface area contributed by atoms with Gasteiger partial charge in [-0.3, -0.25) is 4.68 Å². The number of nitrogens with one attached hydrogen (secondary N) is 1. The van der Waals surface area contributed by atoms with Crippen LogP contribution < -0.4 is 11.1 Å². The Labute approximate surface area is 285 Å². The molecule has 1 aromatic heterocycles. The summed E-state index contributed by atoms with van der Waals surface area (Å²) in [5, 5.41) is 9.90. The molecule has 238 valence electrons. The van der Waals surface area contributed by atoms with Crippen LogP contribution in [0.25, 0.3) is 11.3 Å². The number of carbonyl (C=O) groups excluding carboxylic acids is 1. The third kappa shape index (κ3) is 8.28. The Morgan fingerprint density at radius 1 is 0.935 bits per heavy atom. The number of primary amides is 1. The van der Waals surface area contributed by atoms with Gasteiger partial charge >= 0.3 is 6.03 Å². The molecule has 1 fully saturated rings. The number of rotatable bonds is 9. The van der Waals surface area contributed by atoms with Crippen molar-refractivity contribution in [1.29, 1.82) is 0 Å². The van der Waals surface area contributed by atoms with Gasteiger partial charge in [0.2, 0.25) is 0 Å². The summed E-state index contributed by atoms with van der Waals surface area (Å²) in [5.74, 6) is 9.02. The van der Waals surface area contributed by atoms with Crippen molar-refractivity contribution in [2.24, 2.45) is 5.73 Å². The molecule has 0 aliphatic carbocycles. The highest BCUT2D eigenvalue weighted by Crippen LogP contribution is 2.32. The van der Waals surface area contributed by atoms with Crippen LogP contribution in [0.15, 0.2) is 66.7 Å². The Hall–Kier alpha value is -3.45. The first-order valence-corrected chi connectivity index (χ1v) is 17.6. The minimum absolute atomic E-state index is 0.406. The molecule has 2 amide bonds. The highest BCUT2D eigenvalue weighted by atomic mass is 35.5. The molecule has 0 bridgehead atoms. The van der Waals surface area contributed by atoms with E-state index in [1.165, 1.54) is 17.2 Å². The zero-order valence-corrected chi connectivity index (χ0v) is 28.1. The number of nitrogens with two attached hydrogens (primary N) is 1. The van der Waals surface area contributed by atoms with Crippen LogP contribution in [-0.4, -0.2) is 63.3 Å². The lowest BCUT2D eigenvalue weighted by Gasteiger charge is -2.27. The number of aryl methyl sites for hydroxylation is 1. The van der Waals surface area contributed by atoms with E-state index in [0.717, 1.165) is 89.7 Å². The van der Waals surface area contributed by atoms with Gasteiger partial charge in [-0.25, -0.2) is 4.79 Å². The van der Waals surface area contributed by atoms with Crippen LogP contribution in [0.1, 0.15) is 39.9 Å². The van der Waals surface area contributed by atoms with Crippen molar-refractivity contribution >= 4 is 41.0 Å². The quantitative estimate of drug-likeness (QED) is 0.201. The second kappa shape index (κ2) is 15.4. The summed E-state index contributed by atoms with van der Waals surface area (Å²) < 4.78 is 2.15. The van der Waals surface area contributed by atoms with Gasteiger partial charge in [-0.2, -0.15) is 16.9 Å². The molecule has 7 nitrogen and oxygen atoms in total. The zero-order valence-electron chi connectivity index (χ0n) is 25.8. The largest absolute Gasteiger partial charge is 0.351 e. The molecule has 0 unspecified atom stereocenters. The maximum atomic E-state index is 12.1. The number of urea groups is 1. The van der Waals surface area contributed by atoms with Gasteiger partial charge in [0, 0.05) is 90.2 Å². The van der Waals surface area contributed by atoms with Crippen molar-refractivity contribution in [2.75, 3.05) is 37.7 Å². The fourth-order valence-electron chi connectivity index (χ4n) is 6.03. The molecular weight excluding hydrogens is 635 g/mol. The molecule has 3 N–H and O–H groups in total. The standard InChI is InChI=1S/C36H38Cl2N6OS/c37-31-7-2-6-28(21-31)24-40-23-27-5-1-4-26(20-27)8-9-29-22-30(10-11-33(29)38)35-32-25-43(36(39)45)15-12-34(32)44(41-35)14-3-13-42-16-18-46-19-17-42/h1-2,4-7,10-11,20-22,40H,3,12-19,23-25H2,(H2,39,45). The Bertz CT molecular complexity index is 1760. The van der Waals surface area contributed by atoms with Crippen LogP contribution in [0.2, 0.25) is 10.0 Å². The Morgan fingerprint density at radius 3 is 2.50 bits per heavy atom. The molecule has 10 heteroatoms. The zero-order chi connectivity index (χ0) is 31.9. The van der Waals surface area contributed by atoms with Gasteiger partial charge in [0.1, 0.15) is 0 Å². The molecule has 0 saturated carbocycles. The number of hydrogen-bond acceptors (Lipinski definition) is 5. The molecule has 0 atom stereocenters. The topological polar surface area (TPSA) is 79.4 Å². The SMILES string of the molecule is NC(=O)N1CCc2c(c(-c3ccc(Cl)c(C#Cc4cccc(CNCc5cccc(Cl)c5)c4)c3)nn2CCCN2CCSCC2)C1. The first-order valence-electron chi connectivity index (χ1n) is 15.7. The number of thioether (sulfide) groups is 1. The summed E-state index contributed by atoms with van der Waals surface area (Å²) >= 11 is 14.8. The van der Waals surface area contributed by atoms with Gasteiger partial charge in [0.15, 0.2) is 0 Å². The van der Waals surface area contributed by atoms with Gasteiger partial charge in [0.05, 0.1) is 17.3 Å². The number of hydrogen-bond donors (Lipinski definition) is 2. The lowest BCUT2D eigenvalue weighted by molar-refractivity contribution is 0.201. The van der Waals surface area contributed by atoms with Crippen LogP contribution in [0, 0.1) is 11.8 Å². The number of benzene rings is 3. The number of carbonyl (C=O) groups is 1. The van der Waals surface area contributed by atoms with Crippen LogP contribution in [0.3, 0.4) is 0 Å². The summed E-state index contributed by atoms with van der Waals surface area (Å²) in [5.41, 5.74) is 13.7. The lowest BCUT2D eigenvalue weighted by atomic mass is 9.99. The van der Waals surface area contributed by atoms with Crippen LogP contribution >= 0.6 is 35.0 Å². The first-order chi connectivity index (χ1) is 22.4. The van der Waals surface area contributed by atoms with E-state index in [4.69, 9.17) is 34.0 Å². The summed E-state index contributed by atoms with van der Waals surface area (Å²) in [6.45, 7) is 6.71. The number of halogens is 2. The molecule has 6 rings (SSSR count). The molecule has 2 aliphatic heterocycles. The van der Waals surface area contributed by atoms with Crippen molar-refractivity contribution < 1.29 is 4.79 Å². The minimum atomic E-state index is -0.406. The maximum absolute atomic E-state index is 12.1. The normalized spacial score (nSPS) is 14.9. The molecule has 3 aromatic carbocycles. The molecule has 1 saturated heterocycles. The maximum Gasteiger partial charge on any atom is 0.315 e. The second-order valence-electron chi connectivity index (χ2n) is 11.7. The summed E-state index contributed by atoms with van der Waals surface area (Å²) in [7, 11) is 0. The van der Waals surface area contributed by atoms with E-state index in [1.807, 2.05) is 60.3 Å². The third-order valence-electron chi connectivity index (χ3n) is 8.45. The first kappa shape index (κ1) is 32.5. The fraction of sp³-hybridized carbons (Fsp3) is 0.333. The molecule has 2 aliphatic rings. The lowest BCUT2D eigenvalue weighted by Crippen LogP contribution is -2.39. The van der Waals surface area contributed by atoms with E-state index >= 15 is 0 Å². The van der Waals surface area contributed by atoms with E-state index in [0.29, 0.717) is 24.7 Å². The Kier molecular flexibility index (Phi) is 10.9. The van der Waals surface area contributed by atoms with Crippen LogP contribution in [0.4, 0.5) is 4.79 Å². The number of fused-ring (bicyclic) bond motifs is 1. The Balaban J connectivity index is 1.19. The second-order valence-corrected chi connectivity index (χ2v) is 13.8. The monoisotopic (exact) mass is 672 g/mol. The molecule has 0 spiro atoms. The van der Waals surface area contributed by atoms with Gasteiger partial charge in [-0.1, -0.05) is 65.4 Å². The summed E-state index contributed by atoms with van der Waals surface area (Å²) in [4.78, 5) is 16.3. The van der Waals surface area contributed by atoms with Gasteiger partial charge in [0.25, 0.3) is 0 Å². The molecular formula is C36H38Cl2N6OS. The van der Waals surface area contributed by atoms with Crippen LogP contribution in [0.5, 0.6) is 0 Å². The van der Waals surface area contributed by atoms with Gasteiger partial charge in [-0.15, -0.1) is 0 Å². The minimum Gasteiger partial charge on any atom is -0.351 e. The molecule has 0 radical (unpaired) electrons. The Morgan fingerprint density at radius 2 is 1.72 bits per heavy atom. The van der Waals surface area contributed by atoms with Crippen LogP contribution in [-0.2, 0) is 32.6 Å². The van der Waals surface area contributed by atoms with Crippen molar-refractivity contribution in [3.8, 4) is 23.1 Å². The number of amides is 2. The molecule has 3 heterocycles. The molecule has 4 aromatic rings. The van der Waals surface area contributed by atoms with E-state index < -0.39 is 6.03 Å². The number of nitrogens with zero attached hydrogens (tertiary/aromatic N) is 4.